The van der Waals surface area contributed by atoms with E-state index in [0.717, 1.165) is 94.0 Å². The van der Waals surface area contributed by atoms with E-state index >= 15 is 0 Å². The van der Waals surface area contributed by atoms with Gasteiger partial charge in [0.25, 0.3) is 0 Å². The zero-order valence-electron chi connectivity index (χ0n) is 57.4. The highest BCUT2D eigenvalue weighted by Gasteiger charge is 2.33. The molecule has 588 valence electrons. The van der Waals surface area contributed by atoms with Crippen LogP contribution < -0.4 is 9.47 Å². The predicted octanol–water partition coefficient (Wildman–Crippen LogP) is 21.7. The Morgan fingerprint density at radius 2 is 0.639 bits per heavy atom. The van der Waals surface area contributed by atoms with Crippen LogP contribution in [0.4, 0.5) is 52.7 Å². The molecule has 0 aliphatic rings. The summed E-state index contributed by atoms with van der Waals surface area (Å²) in [5.74, 6) is 2.24. The van der Waals surface area contributed by atoms with Crippen LogP contribution in [0.15, 0.2) is 228 Å². The molecule has 0 N–H and O–H groups in total. The molecule has 0 saturated heterocycles. The molecule has 0 atom stereocenters. The van der Waals surface area contributed by atoms with Crippen molar-refractivity contribution in [2.75, 3.05) is 50.1 Å². The van der Waals surface area contributed by atoms with E-state index in [-0.39, 0.29) is 46.0 Å². The van der Waals surface area contributed by atoms with E-state index in [1.54, 1.807) is 87.8 Å². The molecule has 108 heavy (non-hydrogen) atoms. The summed E-state index contributed by atoms with van der Waals surface area (Å²) >= 11 is 0. The van der Waals surface area contributed by atoms with Gasteiger partial charge in [-0.15, -0.1) is 6.58 Å². The fourth-order valence-corrected chi connectivity index (χ4v) is 20.1. The van der Waals surface area contributed by atoms with Gasteiger partial charge in [-0.1, -0.05) is 202 Å². The molecule has 0 bridgehead atoms. The molecule has 7 aromatic carbocycles. The average molecular weight is 1740 g/mol. The van der Waals surface area contributed by atoms with Gasteiger partial charge in [0, 0.05) is 23.0 Å². The van der Waals surface area contributed by atoms with Gasteiger partial charge in [-0.25, -0.2) is 38.5 Å². The van der Waals surface area contributed by atoms with Crippen molar-refractivity contribution in [3.8, 4) is 11.5 Å². The maximum absolute atomic E-state index is 12.5. The number of carbonyl (C=O) groups excluding carboxylic acids is 1. The maximum atomic E-state index is 12.5. The van der Waals surface area contributed by atoms with Crippen LogP contribution in [0.5, 0.6) is 11.5 Å². The Hall–Kier alpha value is -5.93. The predicted molar refractivity (Wildman–Crippen MR) is 423 cm³/mol. The second-order valence-electron chi connectivity index (χ2n) is 22.1. The van der Waals surface area contributed by atoms with Gasteiger partial charge in [0.05, 0.1) is 95.2 Å². The molecule has 12 nitrogen and oxygen atoms in total. The number of halogens is 12. The van der Waals surface area contributed by atoms with Gasteiger partial charge in [0.2, 0.25) is 0 Å². The number of alkyl halides is 12. The van der Waals surface area contributed by atoms with Crippen molar-refractivity contribution >= 4 is 132 Å². The summed E-state index contributed by atoms with van der Waals surface area (Å²) in [6, 6.07) is 39.0. The molecule has 0 spiro atoms. The molecular weight excluding hydrogens is 1670 g/mol. The largest absolute Gasteiger partial charge is 0.497 e. The Labute approximate surface area is 653 Å². The maximum Gasteiger partial charge on any atom is 0.416 e. The van der Waals surface area contributed by atoms with Gasteiger partial charge in [0.1, 0.15) is 11.5 Å². The monoisotopic (exact) mass is 1740 g/mol. The number of methoxy groups -OCH3 is 3. The quantitative estimate of drug-likeness (QED) is 0.0120. The number of sulfone groups is 4. The zero-order chi connectivity index (χ0) is 80.1. The molecule has 0 aliphatic heterocycles. The summed E-state index contributed by atoms with van der Waals surface area (Å²) in [6.45, 7) is 3.56. The summed E-state index contributed by atoms with van der Waals surface area (Å²) in [7, 11) is 2.56. The van der Waals surface area contributed by atoms with E-state index in [0.29, 0.717) is 33.6 Å². The van der Waals surface area contributed by atoms with Gasteiger partial charge in [-0.05, 0) is 146 Å². The summed E-state index contributed by atoms with van der Waals surface area (Å²) in [5, 5.41) is 6.75. The number of hydrogen-bond donors (Lipinski definition) is 0. The van der Waals surface area contributed by atoms with Crippen molar-refractivity contribution in [3.63, 3.8) is 0 Å². The van der Waals surface area contributed by atoms with E-state index in [2.05, 4.69) is 11.3 Å². The molecule has 36 heteroatoms. The van der Waals surface area contributed by atoms with Crippen LogP contribution in [0.1, 0.15) is 71.6 Å². The first-order valence-corrected chi connectivity index (χ1v) is 47.8. The SMILES string of the molecule is C=CCSS/C=C/CS(=O)(=O)Cc1ccc(C(F)(F)F)cc1.COC(=O)c1ccc(CSS/C=C/CS(=O)(=O)Cc2ccc(C(F)(F)F)cc2)cc1.COc1ccc(CSS/C=C/CS(=O)(=O)Cc2ccc(C(F)(F)F)cc2)cc1.COc1cccc(CSS/C=C/CS(=O)(=O)Cc2ccc(C(F)(F)F)cc2)c1. The second kappa shape index (κ2) is 46.8. The van der Waals surface area contributed by atoms with E-state index < -0.39 is 92.3 Å². The third kappa shape index (κ3) is 39.8. The van der Waals surface area contributed by atoms with E-state index in [9.17, 15) is 91.2 Å². The van der Waals surface area contributed by atoms with Crippen LogP contribution in [0.25, 0.3) is 0 Å². The molecule has 7 rings (SSSR count). The van der Waals surface area contributed by atoms with E-state index in [1.165, 1.54) is 133 Å². The van der Waals surface area contributed by atoms with Crippen molar-refractivity contribution in [2.24, 2.45) is 0 Å². The molecule has 0 saturated carbocycles. The fraction of sp³-hybridized carbons (Fsp3) is 0.264. The van der Waals surface area contributed by atoms with Crippen molar-refractivity contribution in [2.45, 2.75) is 65.0 Å². The van der Waals surface area contributed by atoms with Crippen LogP contribution in [0.2, 0.25) is 0 Å². The lowest BCUT2D eigenvalue weighted by Crippen LogP contribution is -2.09. The van der Waals surface area contributed by atoms with E-state index in [4.69, 9.17) is 9.47 Å². The summed E-state index contributed by atoms with van der Waals surface area (Å²) < 4.78 is 261. The fourth-order valence-electron chi connectivity index (χ4n) is 8.20. The average Bonchev–Trinajstić information content (AvgIpc) is 0.859. The minimum Gasteiger partial charge on any atom is -0.497 e. The number of esters is 1. The van der Waals surface area contributed by atoms with Crippen molar-refractivity contribution < 1.29 is 105 Å². The zero-order valence-corrected chi connectivity index (χ0v) is 67.2. The molecule has 7 aromatic rings. The molecule has 0 amide bonds. The highest BCUT2D eigenvalue weighted by molar-refractivity contribution is 8.78. The molecule has 0 aromatic heterocycles. The first kappa shape index (κ1) is 94.4. The summed E-state index contributed by atoms with van der Waals surface area (Å²) in [6.07, 6.45) is -9.85. The topological polar surface area (TPSA) is 181 Å². The van der Waals surface area contributed by atoms with Gasteiger partial charge >= 0.3 is 30.7 Å². The first-order chi connectivity index (χ1) is 50.7. The Bertz CT molecular complexity index is 4490. The van der Waals surface area contributed by atoms with Crippen LogP contribution in [-0.4, -0.2) is 89.7 Å². The number of benzene rings is 7. The Morgan fingerprint density at radius 3 is 0.917 bits per heavy atom. The minimum atomic E-state index is -4.45. The first-order valence-electron chi connectivity index (χ1n) is 31.0. The normalized spacial score (nSPS) is 12.4. The van der Waals surface area contributed by atoms with Crippen molar-refractivity contribution in [1.82, 2.24) is 0 Å². The highest BCUT2D eigenvalue weighted by Crippen LogP contribution is 2.35. The van der Waals surface area contributed by atoms with Gasteiger partial charge in [-0.3, -0.25) is 0 Å². The molecule has 0 radical (unpaired) electrons. The van der Waals surface area contributed by atoms with E-state index in [1.807, 2.05) is 60.7 Å². The molecule has 0 fully saturated rings. The molecule has 0 aliphatic carbocycles. The smallest absolute Gasteiger partial charge is 0.416 e. The third-order valence-electron chi connectivity index (χ3n) is 13.5. The van der Waals surface area contributed by atoms with Gasteiger partial charge in [-0.2, -0.15) is 52.7 Å². The van der Waals surface area contributed by atoms with Gasteiger partial charge < -0.3 is 14.2 Å². The summed E-state index contributed by atoms with van der Waals surface area (Å²) in [5.41, 5.74) is 1.84. The Balaban J connectivity index is 0.000000306. The van der Waals surface area contributed by atoms with Crippen LogP contribution in [0.3, 0.4) is 0 Å². The standard InChI is InChI=1S/C20H19F3O4S3.2C19H19F3O3S3.C14H15F3O2S3/c1-27-19(24)17-7-3-15(4-8-17)13-29-28-11-2-12-30(25,26)14-16-5-9-18(10-6-16)20(21,22)23;1-25-18-9-5-15(6-10-18)13-27-26-11-2-12-28(23,24)14-16-3-7-17(8-4-16)19(20,21)22;1-25-18-5-2-4-16(12-18)13-27-26-10-3-11-28(23,24)14-15-6-8-17(9-7-15)19(20,21)22;1-2-8-20-21-9-3-10-22(18,19)11-12-4-6-13(7-5-12)14(15,16)17/h2-11H,12-14H2,1H3;2-11H,12-14H2,1H3;2-10,12H,11,13-14H2,1H3;2-7,9H,1,8,10-11H2/b2*11-2+;10-3+;9-3+. The van der Waals surface area contributed by atoms with Crippen molar-refractivity contribution in [3.05, 3.63) is 295 Å². The van der Waals surface area contributed by atoms with Crippen LogP contribution >= 0.6 is 86.4 Å². The lowest BCUT2D eigenvalue weighted by molar-refractivity contribution is -0.138. The number of carbonyl (C=O) groups is 1. The highest BCUT2D eigenvalue weighted by atomic mass is 33.1. The third-order valence-corrected chi connectivity index (χ3v) is 27.3. The Morgan fingerprint density at radius 1 is 0.361 bits per heavy atom. The molecule has 0 unspecified atom stereocenters. The van der Waals surface area contributed by atoms with Gasteiger partial charge in [0.15, 0.2) is 39.3 Å². The van der Waals surface area contributed by atoms with Crippen LogP contribution in [0, 0.1) is 0 Å². The number of hydrogen-bond acceptors (Lipinski definition) is 20. The van der Waals surface area contributed by atoms with Crippen LogP contribution in [-0.2, 0) is 109 Å². The minimum absolute atomic E-state index is 0.143. The van der Waals surface area contributed by atoms with Crippen molar-refractivity contribution in [1.29, 1.82) is 0 Å². The second-order valence-corrected chi connectivity index (χ2v) is 39.7. The molecular formula is C72H72F12O12S12. The lowest BCUT2D eigenvalue weighted by atomic mass is 10.1. The lowest BCUT2D eigenvalue weighted by Gasteiger charge is -2.07. The number of rotatable bonds is 35. The Kier molecular flexibility index (Phi) is 40.9. The molecule has 0 heterocycles. The summed E-state index contributed by atoms with van der Waals surface area (Å²) in [4.78, 5) is 11.4. The number of ether oxygens (including phenoxy) is 3.